The minimum Gasteiger partial charge on any atom is -0.292 e. The summed E-state index contributed by atoms with van der Waals surface area (Å²) in [5.74, 6) is -0.907. The molecule has 0 saturated carbocycles. The van der Waals surface area contributed by atoms with Gasteiger partial charge in [0.25, 0.3) is 5.56 Å². The maximum Gasteiger partial charge on any atom is 0.417 e. The van der Waals surface area contributed by atoms with Gasteiger partial charge in [0.1, 0.15) is 5.82 Å². The molecular formula is C18H11F5N2O2S. The summed E-state index contributed by atoms with van der Waals surface area (Å²) in [5.41, 5.74) is -3.52. The van der Waals surface area contributed by atoms with Gasteiger partial charge in [0, 0.05) is 22.8 Å². The van der Waals surface area contributed by atoms with Gasteiger partial charge in [-0.05, 0) is 40.6 Å². The summed E-state index contributed by atoms with van der Waals surface area (Å²) >= 11 is 0. The number of hydrogen-bond donors (Lipinski definition) is 1. The lowest BCUT2D eigenvalue weighted by molar-refractivity contribution is -0.137. The van der Waals surface area contributed by atoms with Crippen LogP contribution in [0.3, 0.4) is 0 Å². The lowest BCUT2D eigenvalue weighted by Crippen LogP contribution is -2.30. The van der Waals surface area contributed by atoms with E-state index in [0.29, 0.717) is 6.07 Å². The summed E-state index contributed by atoms with van der Waals surface area (Å²) in [6.45, 7) is 0.0488. The number of nitrogens with one attached hydrogen (secondary N) is 1. The average molecular weight is 414 g/mol. The van der Waals surface area contributed by atoms with E-state index in [9.17, 15) is 27.2 Å². The van der Waals surface area contributed by atoms with Gasteiger partial charge >= 0.3 is 11.9 Å². The standard InChI is InChI=1S/C18H11F5N2O2S/c19-8-2-3-9-12(6-8)28(23)5-1-4-25-14-10(16(26)24-17(25)27)7-11(18(20,21)22)13(9)15(14)28/h2-3,6-7H,1,4-5H2,(H,24,26,27). The van der Waals surface area contributed by atoms with Crippen LogP contribution in [0.15, 0.2) is 43.6 Å². The molecule has 146 valence electrons. The highest BCUT2D eigenvalue weighted by Gasteiger charge is 2.48. The molecule has 1 atom stereocenters. The summed E-state index contributed by atoms with van der Waals surface area (Å²) in [7, 11) is -3.54. The molecule has 5 rings (SSSR count). The first-order valence-corrected chi connectivity index (χ1v) is 10.0. The Bertz CT molecular complexity index is 1310. The number of benzene rings is 2. The second kappa shape index (κ2) is 5.25. The minimum atomic E-state index is -4.87. The summed E-state index contributed by atoms with van der Waals surface area (Å²) in [4.78, 5) is 26.2. The molecule has 0 spiro atoms. The molecule has 2 aliphatic rings. The number of hydrogen-bond acceptors (Lipinski definition) is 2. The Hall–Kier alpha value is -2.62. The van der Waals surface area contributed by atoms with E-state index in [1.165, 1.54) is 0 Å². The third-order valence-corrected chi connectivity index (χ3v) is 8.16. The zero-order chi connectivity index (χ0) is 20.0. The lowest BCUT2D eigenvalue weighted by atomic mass is 9.97. The Morgan fingerprint density at radius 3 is 2.61 bits per heavy atom. The first kappa shape index (κ1) is 17.5. The highest BCUT2D eigenvalue weighted by Crippen LogP contribution is 2.75. The van der Waals surface area contributed by atoms with Gasteiger partial charge in [-0.1, -0.05) is 6.07 Å². The van der Waals surface area contributed by atoms with Crippen LogP contribution in [-0.2, 0) is 12.7 Å². The summed E-state index contributed by atoms with van der Waals surface area (Å²) in [5, 5.41) is -0.393. The number of alkyl halides is 3. The predicted octanol–water partition coefficient (Wildman–Crippen LogP) is 4.34. The smallest absolute Gasteiger partial charge is 0.292 e. The molecule has 4 nitrogen and oxygen atoms in total. The molecule has 0 aliphatic carbocycles. The van der Waals surface area contributed by atoms with Crippen molar-refractivity contribution >= 4 is 21.3 Å². The first-order chi connectivity index (χ1) is 13.1. The van der Waals surface area contributed by atoms with E-state index < -0.39 is 50.2 Å². The van der Waals surface area contributed by atoms with Crippen LogP contribution < -0.4 is 11.2 Å². The Morgan fingerprint density at radius 1 is 1.14 bits per heavy atom. The van der Waals surface area contributed by atoms with Crippen molar-refractivity contribution in [2.24, 2.45) is 0 Å². The van der Waals surface area contributed by atoms with Crippen LogP contribution in [0.1, 0.15) is 12.0 Å². The number of H-pyrrole nitrogens is 1. The highest BCUT2D eigenvalue weighted by atomic mass is 32.3. The number of aromatic amines is 1. The predicted molar refractivity (Wildman–Crippen MR) is 93.9 cm³/mol. The second-order valence-electron chi connectivity index (χ2n) is 6.79. The number of aromatic nitrogens is 2. The molecular weight excluding hydrogens is 403 g/mol. The Labute approximate surface area is 155 Å². The zero-order valence-electron chi connectivity index (χ0n) is 14.0. The molecule has 1 unspecified atom stereocenters. The maximum atomic E-state index is 16.4. The number of nitrogens with zero attached hydrogens (tertiary/aromatic N) is 1. The van der Waals surface area contributed by atoms with Crippen molar-refractivity contribution in [2.45, 2.75) is 28.9 Å². The van der Waals surface area contributed by atoms with Crippen LogP contribution in [0.4, 0.5) is 21.4 Å². The van der Waals surface area contributed by atoms with Crippen LogP contribution >= 0.6 is 10.4 Å². The number of rotatable bonds is 0. The number of aryl methyl sites for hydroxylation is 1. The molecule has 0 fully saturated rings. The average Bonchev–Trinajstić information content (AvgIpc) is 2.74. The van der Waals surface area contributed by atoms with Crippen LogP contribution in [0.25, 0.3) is 22.0 Å². The van der Waals surface area contributed by atoms with Crippen LogP contribution in [0.5, 0.6) is 0 Å². The summed E-state index contributed by atoms with van der Waals surface area (Å²) < 4.78 is 73.0. The molecule has 1 N–H and O–H groups in total. The molecule has 2 aliphatic heterocycles. The Kier molecular flexibility index (Phi) is 3.28. The fraction of sp³-hybridized carbons (Fsp3) is 0.222. The Balaban J connectivity index is 2.12. The lowest BCUT2D eigenvalue weighted by Gasteiger charge is -2.27. The number of halogens is 5. The SMILES string of the molecule is O=c1[nH]c(=O)n2c3c4c(c(C(F)(F)F)cc13)-c1ccc(F)cc1S4(F)CCC2. The monoisotopic (exact) mass is 414 g/mol. The van der Waals surface area contributed by atoms with Crippen molar-refractivity contribution in [1.29, 1.82) is 0 Å². The van der Waals surface area contributed by atoms with E-state index in [1.54, 1.807) is 0 Å². The van der Waals surface area contributed by atoms with Gasteiger partial charge in [0.05, 0.1) is 21.4 Å². The van der Waals surface area contributed by atoms with E-state index in [1.807, 2.05) is 4.98 Å². The maximum absolute atomic E-state index is 16.4. The normalized spacial score (nSPS) is 22.6. The van der Waals surface area contributed by atoms with Crippen molar-refractivity contribution < 1.29 is 21.4 Å². The fourth-order valence-corrected chi connectivity index (χ4v) is 7.21. The van der Waals surface area contributed by atoms with Crippen LogP contribution in [0.2, 0.25) is 0 Å². The molecule has 0 radical (unpaired) electrons. The van der Waals surface area contributed by atoms with Crippen LogP contribution in [0, 0.1) is 5.82 Å². The molecule has 2 aromatic carbocycles. The van der Waals surface area contributed by atoms with E-state index in [2.05, 4.69) is 0 Å². The third kappa shape index (κ3) is 2.06. The largest absolute Gasteiger partial charge is 0.417 e. The van der Waals surface area contributed by atoms with E-state index in [0.717, 1.165) is 22.8 Å². The van der Waals surface area contributed by atoms with Gasteiger partial charge in [-0.2, -0.15) is 17.1 Å². The van der Waals surface area contributed by atoms with Gasteiger partial charge in [0.2, 0.25) is 0 Å². The molecule has 28 heavy (non-hydrogen) atoms. The minimum absolute atomic E-state index is 0.0377. The molecule has 0 saturated heterocycles. The highest BCUT2D eigenvalue weighted by molar-refractivity contribution is 8.30. The van der Waals surface area contributed by atoms with Gasteiger partial charge in [-0.25, -0.2) is 9.18 Å². The van der Waals surface area contributed by atoms with E-state index in [4.69, 9.17) is 0 Å². The van der Waals surface area contributed by atoms with Crippen molar-refractivity contribution in [3.8, 4) is 11.1 Å². The van der Waals surface area contributed by atoms with Gasteiger partial charge in [0.15, 0.2) is 0 Å². The Morgan fingerprint density at radius 2 is 1.89 bits per heavy atom. The quantitative estimate of drug-likeness (QED) is 0.557. The molecule has 3 heterocycles. The van der Waals surface area contributed by atoms with Crippen molar-refractivity contribution in [3.05, 3.63) is 56.5 Å². The van der Waals surface area contributed by atoms with Gasteiger partial charge in [-0.15, -0.1) is 0 Å². The van der Waals surface area contributed by atoms with E-state index in [-0.39, 0.29) is 39.6 Å². The molecule has 0 bridgehead atoms. The van der Waals surface area contributed by atoms with Crippen molar-refractivity contribution in [2.75, 3.05) is 5.75 Å². The molecule has 3 aromatic rings. The van der Waals surface area contributed by atoms with Crippen LogP contribution in [-0.4, -0.2) is 15.3 Å². The second-order valence-corrected chi connectivity index (χ2v) is 9.35. The first-order valence-electron chi connectivity index (χ1n) is 8.34. The third-order valence-electron chi connectivity index (χ3n) is 5.23. The van der Waals surface area contributed by atoms with Crippen molar-refractivity contribution in [3.63, 3.8) is 0 Å². The topological polar surface area (TPSA) is 54.9 Å². The zero-order valence-corrected chi connectivity index (χ0v) is 14.8. The summed E-state index contributed by atoms with van der Waals surface area (Å²) in [6, 6.07) is 3.70. The van der Waals surface area contributed by atoms with E-state index >= 15 is 3.89 Å². The van der Waals surface area contributed by atoms with Gasteiger partial charge in [-0.3, -0.25) is 14.3 Å². The molecule has 1 aromatic heterocycles. The molecule has 0 amide bonds. The fourth-order valence-electron chi connectivity index (χ4n) is 4.16. The number of fused-ring (bicyclic) bond motifs is 3. The van der Waals surface area contributed by atoms with Gasteiger partial charge < -0.3 is 0 Å². The summed E-state index contributed by atoms with van der Waals surface area (Å²) in [6.07, 6.45) is -4.70. The molecule has 10 heteroatoms. The van der Waals surface area contributed by atoms with Crippen molar-refractivity contribution in [1.82, 2.24) is 9.55 Å².